The predicted octanol–water partition coefficient (Wildman–Crippen LogP) is 4.65. The van der Waals surface area contributed by atoms with E-state index in [1.165, 1.54) is 11.3 Å². The first-order valence-corrected chi connectivity index (χ1v) is 10.7. The molecule has 2 aliphatic rings. The topological polar surface area (TPSA) is 42.7 Å². The average molecular weight is 422 g/mol. The summed E-state index contributed by atoms with van der Waals surface area (Å²) in [7, 11) is 0. The number of nitrogens with zero attached hydrogens (tertiary/aromatic N) is 4. The zero-order valence-electron chi connectivity index (χ0n) is 15.7. The fourth-order valence-electron chi connectivity index (χ4n) is 4.35. The summed E-state index contributed by atoms with van der Waals surface area (Å²) in [6.45, 7) is 3.40. The van der Waals surface area contributed by atoms with Crippen molar-refractivity contribution in [2.75, 3.05) is 26.3 Å². The van der Waals surface area contributed by atoms with Crippen LogP contribution in [-0.2, 0) is 10.9 Å². The van der Waals surface area contributed by atoms with Crippen molar-refractivity contribution in [1.29, 1.82) is 0 Å². The quantitative estimate of drug-likeness (QED) is 0.614. The molecular weight excluding hydrogens is 401 g/mol. The van der Waals surface area contributed by atoms with E-state index in [1.54, 1.807) is 12.1 Å². The van der Waals surface area contributed by atoms with Crippen LogP contribution in [0.2, 0.25) is 0 Å². The zero-order valence-corrected chi connectivity index (χ0v) is 16.5. The van der Waals surface area contributed by atoms with Crippen LogP contribution in [-0.4, -0.2) is 45.8 Å². The van der Waals surface area contributed by atoms with Crippen molar-refractivity contribution in [1.82, 2.24) is 19.5 Å². The van der Waals surface area contributed by atoms with Gasteiger partial charge in [0.2, 0.25) is 0 Å². The number of hydrogen-bond donors (Lipinski definition) is 0. The van der Waals surface area contributed by atoms with Crippen LogP contribution in [0.4, 0.5) is 13.2 Å². The van der Waals surface area contributed by atoms with Gasteiger partial charge in [0.15, 0.2) is 11.3 Å². The molecule has 0 radical (unpaired) electrons. The second-order valence-corrected chi connectivity index (χ2v) is 8.67. The standard InChI is InChI=1S/C20H21F3N4OS/c21-20(22,23)18-9-15(17-4-2-8-29-17)24-19-10-14(25-27(18)19)16-3-1-6-26(16)11-13-5-7-28-12-13/h2,4,8-10,13,16H,1,3,5-7,11-12H2/t13-,16+/m0/s1. The van der Waals surface area contributed by atoms with Crippen molar-refractivity contribution in [2.24, 2.45) is 5.92 Å². The molecule has 0 aliphatic carbocycles. The van der Waals surface area contributed by atoms with Gasteiger partial charge in [0, 0.05) is 19.2 Å². The fraction of sp³-hybridized carbons (Fsp3) is 0.500. The van der Waals surface area contributed by atoms with Gasteiger partial charge in [-0.1, -0.05) is 6.07 Å². The van der Waals surface area contributed by atoms with Gasteiger partial charge in [-0.25, -0.2) is 9.50 Å². The van der Waals surface area contributed by atoms with E-state index in [1.807, 2.05) is 11.4 Å². The molecule has 5 nitrogen and oxygen atoms in total. The molecule has 154 valence electrons. The van der Waals surface area contributed by atoms with E-state index in [0.29, 0.717) is 22.2 Å². The second kappa shape index (κ2) is 7.37. The van der Waals surface area contributed by atoms with Crippen molar-refractivity contribution in [2.45, 2.75) is 31.5 Å². The van der Waals surface area contributed by atoms with Crippen LogP contribution in [0.25, 0.3) is 16.2 Å². The normalized spacial score (nSPS) is 23.4. The Bertz CT molecular complexity index is 995. The molecule has 0 aromatic carbocycles. The molecule has 2 aliphatic heterocycles. The summed E-state index contributed by atoms with van der Waals surface area (Å²) in [5.74, 6) is 0.488. The molecule has 0 spiro atoms. The van der Waals surface area contributed by atoms with E-state index in [4.69, 9.17) is 4.74 Å². The van der Waals surface area contributed by atoms with Gasteiger partial charge in [-0.3, -0.25) is 4.90 Å². The highest BCUT2D eigenvalue weighted by Gasteiger charge is 2.37. The molecule has 2 saturated heterocycles. The van der Waals surface area contributed by atoms with Crippen molar-refractivity contribution in [3.8, 4) is 10.6 Å². The van der Waals surface area contributed by atoms with Crippen LogP contribution in [0.1, 0.15) is 36.7 Å². The lowest BCUT2D eigenvalue weighted by atomic mass is 10.1. The van der Waals surface area contributed by atoms with Crippen molar-refractivity contribution in [3.05, 3.63) is 41.0 Å². The van der Waals surface area contributed by atoms with Gasteiger partial charge in [0.05, 0.1) is 28.9 Å². The Morgan fingerprint density at radius 3 is 2.86 bits per heavy atom. The number of hydrogen-bond acceptors (Lipinski definition) is 5. The third kappa shape index (κ3) is 3.67. The van der Waals surface area contributed by atoms with Crippen molar-refractivity contribution in [3.63, 3.8) is 0 Å². The van der Waals surface area contributed by atoms with E-state index >= 15 is 0 Å². The van der Waals surface area contributed by atoms with Crippen molar-refractivity contribution < 1.29 is 17.9 Å². The lowest BCUT2D eigenvalue weighted by Crippen LogP contribution is -2.29. The highest BCUT2D eigenvalue weighted by molar-refractivity contribution is 7.13. The fourth-order valence-corrected chi connectivity index (χ4v) is 5.03. The molecule has 29 heavy (non-hydrogen) atoms. The molecule has 0 N–H and O–H groups in total. The van der Waals surface area contributed by atoms with Gasteiger partial charge in [0.1, 0.15) is 0 Å². The summed E-state index contributed by atoms with van der Waals surface area (Å²) >= 11 is 1.37. The molecule has 9 heteroatoms. The van der Waals surface area contributed by atoms with E-state index < -0.39 is 11.9 Å². The van der Waals surface area contributed by atoms with Crippen LogP contribution < -0.4 is 0 Å². The Morgan fingerprint density at radius 2 is 2.14 bits per heavy atom. The van der Waals surface area contributed by atoms with Gasteiger partial charge in [-0.15, -0.1) is 11.3 Å². The summed E-state index contributed by atoms with van der Waals surface area (Å²) in [6, 6.07) is 6.44. The number of halogens is 3. The van der Waals surface area contributed by atoms with Gasteiger partial charge >= 0.3 is 6.18 Å². The Balaban J connectivity index is 1.53. The molecule has 0 unspecified atom stereocenters. The third-order valence-corrected chi connectivity index (χ3v) is 6.62. The number of thiophene rings is 1. The first kappa shape index (κ1) is 19.0. The molecule has 5 rings (SSSR count). The second-order valence-electron chi connectivity index (χ2n) is 7.72. The summed E-state index contributed by atoms with van der Waals surface area (Å²) in [6.07, 6.45) is -1.55. The molecule has 0 bridgehead atoms. The summed E-state index contributed by atoms with van der Waals surface area (Å²) < 4.78 is 47.7. The van der Waals surface area contributed by atoms with E-state index in [2.05, 4.69) is 15.0 Å². The van der Waals surface area contributed by atoms with E-state index in [9.17, 15) is 13.2 Å². The van der Waals surface area contributed by atoms with Gasteiger partial charge < -0.3 is 4.74 Å². The molecule has 5 heterocycles. The van der Waals surface area contributed by atoms with Gasteiger partial charge in [-0.05, 0) is 49.2 Å². The molecule has 2 fully saturated rings. The van der Waals surface area contributed by atoms with E-state index in [0.717, 1.165) is 56.1 Å². The van der Waals surface area contributed by atoms with Gasteiger partial charge in [-0.2, -0.15) is 18.3 Å². The Kier molecular flexibility index (Phi) is 4.84. The first-order valence-electron chi connectivity index (χ1n) is 9.82. The average Bonchev–Trinajstić information content (AvgIpc) is 3.46. The highest BCUT2D eigenvalue weighted by Crippen LogP contribution is 2.36. The smallest absolute Gasteiger partial charge is 0.381 e. The molecule has 0 amide bonds. The lowest BCUT2D eigenvalue weighted by Gasteiger charge is -2.25. The van der Waals surface area contributed by atoms with Crippen molar-refractivity contribution >= 4 is 17.0 Å². The SMILES string of the molecule is FC(F)(F)c1cc(-c2cccs2)nc2cc([C@H]3CCCN3C[C@@H]3CCOC3)nn12. The Morgan fingerprint density at radius 1 is 1.24 bits per heavy atom. The number of fused-ring (bicyclic) bond motifs is 1. The predicted molar refractivity (Wildman–Crippen MR) is 104 cm³/mol. The largest absolute Gasteiger partial charge is 0.433 e. The highest BCUT2D eigenvalue weighted by atomic mass is 32.1. The minimum Gasteiger partial charge on any atom is -0.381 e. The van der Waals surface area contributed by atoms with E-state index in [-0.39, 0.29) is 11.7 Å². The maximum atomic E-state index is 13.8. The first-order chi connectivity index (χ1) is 14.0. The molecule has 2 atom stereocenters. The number of alkyl halides is 3. The molecular formula is C20H21F3N4OS. The van der Waals surface area contributed by atoms with Crippen LogP contribution in [0.3, 0.4) is 0 Å². The maximum Gasteiger partial charge on any atom is 0.433 e. The number of aromatic nitrogens is 3. The third-order valence-electron chi connectivity index (χ3n) is 5.73. The Hall–Kier alpha value is -1.97. The minimum absolute atomic E-state index is 0.0311. The molecule has 3 aromatic rings. The maximum absolute atomic E-state index is 13.8. The van der Waals surface area contributed by atoms with Crippen LogP contribution in [0.15, 0.2) is 29.6 Å². The summed E-state index contributed by atoms with van der Waals surface area (Å²) in [4.78, 5) is 7.54. The monoisotopic (exact) mass is 422 g/mol. The van der Waals surface area contributed by atoms with Crippen LogP contribution in [0, 0.1) is 5.92 Å². The Labute approximate surface area is 170 Å². The van der Waals surface area contributed by atoms with Crippen LogP contribution in [0.5, 0.6) is 0 Å². The molecule has 0 saturated carbocycles. The lowest BCUT2D eigenvalue weighted by molar-refractivity contribution is -0.142. The minimum atomic E-state index is -4.51. The zero-order chi connectivity index (χ0) is 20.0. The number of rotatable bonds is 4. The number of ether oxygens (including phenoxy) is 1. The number of likely N-dealkylation sites (tertiary alicyclic amines) is 1. The van der Waals surface area contributed by atoms with Gasteiger partial charge in [0.25, 0.3) is 0 Å². The summed E-state index contributed by atoms with van der Waals surface area (Å²) in [5, 5.41) is 6.21. The summed E-state index contributed by atoms with van der Waals surface area (Å²) in [5.41, 5.74) is 0.459. The van der Waals surface area contributed by atoms with Crippen LogP contribution >= 0.6 is 11.3 Å². The molecule has 3 aromatic heterocycles.